The predicted octanol–water partition coefficient (Wildman–Crippen LogP) is 2.59. The van der Waals surface area contributed by atoms with Crippen LogP contribution in [0.2, 0.25) is 0 Å². The van der Waals surface area contributed by atoms with Gasteiger partial charge in [0.2, 0.25) is 0 Å². The molecule has 0 saturated carbocycles. The Labute approximate surface area is 111 Å². The Morgan fingerprint density at radius 2 is 2.11 bits per heavy atom. The highest BCUT2D eigenvalue weighted by atomic mass is 32.1. The first kappa shape index (κ1) is 12.6. The molecule has 0 bridgehead atoms. The Hall–Kier alpha value is -1.88. The van der Waals surface area contributed by atoms with Crippen LogP contribution < -0.4 is 10.6 Å². The van der Waals surface area contributed by atoms with Gasteiger partial charge in [0.25, 0.3) is 0 Å². The third kappa shape index (κ3) is 4.18. The summed E-state index contributed by atoms with van der Waals surface area (Å²) in [5.41, 5.74) is 0.938. The smallest absolute Gasteiger partial charge is 0.170 e. The fourth-order valence-electron chi connectivity index (χ4n) is 1.53. The summed E-state index contributed by atoms with van der Waals surface area (Å²) in [6.45, 7) is 0.817. The second kappa shape index (κ2) is 6.76. The van der Waals surface area contributed by atoms with Crippen LogP contribution in [0.5, 0.6) is 0 Å². The van der Waals surface area contributed by atoms with Crippen molar-refractivity contribution in [1.82, 2.24) is 10.3 Å². The minimum atomic E-state index is 0.626. The highest BCUT2D eigenvalue weighted by molar-refractivity contribution is 7.80. The van der Waals surface area contributed by atoms with Crippen LogP contribution >= 0.6 is 12.2 Å². The Morgan fingerprint density at radius 1 is 1.28 bits per heavy atom. The van der Waals surface area contributed by atoms with E-state index in [1.807, 2.05) is 24.3 Å². The molecule has 5 heteroatoms. The number of nitrogens with zero attached hydrogens (tertiary/aromatic N) is 1. The highest BCUT2D eigenvalue weighted by Gasteiger charge is 1.98. The van der Waals surface area contributed by atoms with Crippen molar-refractivity contribution >= 4 is 23.0 Å². The zero-order chi connectivity index (χ0) is 12.6. The van der Waals surface area contributed by atoms with E-state index >= 15 is 0 Å². The number of aryl methyl sites for hydroxylation is 1. The topological polar surface area (TPSA) is 50.1 Å². The maximum Gasteiger partial charge on any atom is 0.170 e. The van der Waals surface area contributed by atoms with E-state index in [2.05, 4.69) is 15.6 Å². The van der Waals surface area contributed by atoms with E-state index in [1.54, 1.807) is 18.7 Å². The van der Waals surface area contributed by atoms with Gasteiger partial charge in [-0.2, -0.15) is 0 Å². The van der Waals surface area contributed by atoms with Crippen LogP contribution in [0.1, 0.15) is 12.2 Å². The van der Waals surface area contributed by atoms with Gasteiger partial charge in [-0.05, 0) is 42.9 Å². The minimum Gasteiger partial charge on any atom is -0.469 e. The number of nitrogens with one attached hydrogen (secondary N) is 2. The lowest BCUT2D eigenvalue weighted by molar-refractivity contribution is 0.501. The summed E-state index contributed by atoms with van der Waals surface area (Å²) in [4.78, 5) is 3.94. The van der Waals surface area contributed by atoms with Crippen LogP contribution in [-0.2, 0) is 6.42 Å². The number of rotatable bonds is 5. The van der Waals surface area contributed by atoms with Crippen molar-refractivity contribution in [2.75, 3.05) is 11.9 Å². The van der Waals surface area contributed by atoms with Crippen molar-refractivity contribution in [3.05, 3.63) is 48.7 Å². The molecule has 0 amide bonds. The summed E-state index contributed by atoms with van der Waals surface area (Å²) in [6.07, 6.45) is 7.03. The molecule has 0 aliphatic carbocycles. The van der Waals surface area contributed by atoms with Crippen LogP contribution in [0.3, 0.4) is 0 Å². The van der Waals surface area contributed by atoms with Gasteiger partial charge in [-0.1, -0.05) is 0 Å². The lowest BCUT2D eigenvalue weighted by atomic mass is 10.2. The largest absolute Gasteiger partial charge is 0.469 e. The molecule has 2 N–H and O–H groups in total. The molecule has 0 spiro atoms. The van der Waals surface area contributed by atoms with E-state index in [0.29, 0.717) is 5.11 Å². The number of hydrogen-bond donors (Lipinski definition) is 2. The zero-order valence-electron chi connectivity index (χ0n) is 9.93. The number of thiocarbonyl (C=S) groups is 1. The van der Waals surface area contributed by atoms with Crippen molar-refractivity contribution in [2.24, 2.45) is 0 Å². The maximum absolute atomic E-state index is 5.25. The van der Waals surface area contributed by atoms with E-state index in [4.69, 9.17) is 16.6 Å². The van der Waals surface area contributed by atoms with Gasteiger partial charge in [0.1, 0.15) is 5.76 Å². The first-order valence-corrected chi connectivity index (χ1v) is 6.23. The number of anilines is 1. The number of aromatic nitrogens is 1. The number of furan rings is 1. The van der Waals surface area contributed by atoms with Gasteiger partial charge >= 0.3 is 0 Å². The molecule has 0 radical (unpaired) electrons. The van der Waals surface area contributed by atoms with E-state index in [9.17, 15) is 0 Å². The number of hydrogen-bond acceptors (Lipinski definition) is 3. The molecule has 18 heavy (non-hydrogen) atoms. The van der Waals surface area contributed by atoms with Crippen LogP contribution in [0.4, 0.5) is 5.69 Å². The maximum atomic E-state index is 5.25. The molecule has 0 atom stereocenters. The van der Waals surface area contributed by atoms with Crippen molar-refractivity contribution < 1.29 is 4.42 Å². The van der Waals surface area contributed by atoms with Gasteiger partial charge < -0.3 is 15.1 Å². The first-order valence-electron chi connectivity index (χ1n) is 5.82. The lowest BCUT2D eigenvalue weighted by Gasteiger charge is -2.09. The summed E-state index contributed by atoms with van der Waals surface area (Å²) in [5.74, 6) is 1.00. The molecule has 2 rings (SSSR count). The van der Waals surface area contributed by atoms with Crippen LogP contribution in [0, 0.1) is 0 Å². The Balaban J connectivity index is 1.63. The second-order valence-electron chi connectivity index (χ2n) is 3.80. The fourth-order valence-corrected chi connectivity index (χ4v) is 1.75. The Kier molecular flexibility index (Phi) is 4.72. The van der Waals surface area contributed by atoms with Crippen molar-refractivity contribution in [3.8, 4) is 0 Å². The number of pyridine rings is 1. The lowest BCUT2D eigenvalue weighted by Crippen LogP contribution is -2.29. The SMILES string of the molecule is S=C(NCCCc1ccco1)Nc1ccncc1. The van der Waals surface area contributed by atoms with Gasteiger partial charge in [-0.15, -0.1) is 0 Å². The van der Waals surface area contributed by atoms with Gasteiger partial charge in [-0.25, -0.2) is 0 Å². The molecule has 4 nitrogen and oxygen atoms in total. The zero-order valence-corrected chi connectivity index (χ0v) is 10.7. The first-order chi connectivity index (χ1) is 8.84. The molecular formula is C13H15N3OS. The van der Waals surface area contributed by atoms with Crippen LogP contribution in [-0.4, -0.2) is 16.6 Å². The second-order valence-corrected chi connectivity index (χ2v) is 4.21. The molecule has 0 fully saturated rings. The van der Waals surface area contributed by atoms with Gasteiger partial charge in [0.15, 0.2) is 5.11 Å². The van der Waals surface area contributed by atoms with E-state index in [-0.39, 0.29) is 0 Å². The van der Waals surface area contributed by atoms with Gasteiger partial charge in [0, 0.05) is 31.0 Å². The minimum absolute atomic E-state index is 0.626. The molecule has 0 saturated heterocycles. The molecule has 0 aromatic carbocycles. The average Bonchev–Trinajstić information content (AvgIpc) is 2.89. The van der Waals surface area contributed by atoms with E-state index in [1.165, 1.54) is 0 Å². The molecule has 2 aromatic heterocycles. The summed E-state index contributed by atoms with van der Waals surface area (Å²) >= 11 is 5.18. The van der Waals surface area contributed by atoms with Gasteiger partial charge in [0.05, 0.1) is 6.26 Å². The molecule has 0 aliphatic heterocycles. The average molecular weight is 261 g/mol. The molecule has 94 valence electrons. The third-order valence-electron chi connectivity index (χ3n) is 2.40. The van der Waals surface area contributed by atoms with Crippen LogP contribution in [0.25, 0.3) is 0 Å². The monoisotopic (exact) mass is 261 g/mol. The fraction of sp³-hybridized carbons (Fsp3) is 0.231. The van der Waals surface area contributed by atoms with Crippen LogP contribution in [0.15, 0.2) is 47.3 Å². The Morgan fingerprint density at radius 3 is 2.83 bits per heavy atom. The predicted molar refractivity (Wildman–Crippen MR) is 75.5 cm³/mol. The summed E-state index contributed by atoms with van der Waals surface area (Å²) in [6, 6.07) is 7.62. The summed E-state index contributed by atoms with van der Waals surface area (Å²) in [7, 11) is 0. The summed E-state index contributed by atoms with van der Waals surface area (Å²) < 4.78 is 5.25. The van der Waals surface area contributed by atoms with Crippen molar-refractivity contribution in [1.29, 1.82) is 0 Å². The molecular weight excluding hydrogens is 246 g/mol. The highest BCUT2D eigenvalue weighted by Crippen LogP contribution is 2.04. The third-order valence-corrected chi connectivity index (χ3v) is 2.65. The summed E-state index contributed by atoms with van der Waals surface area (Å²) in [5, 5.41) is 6.87. The molecule has 2 aromatic rings. The van der Waals surface area contributed by atoms with Crippen molar-refractivity contribution in [2.45, 2.75) is 12.8 Å². The van der Waals surface area contributed by atoms with Crippen molar-refractivity contribution in [3.63, 3.8) is 0 Å². The molecule has 0 aliphatic rings. The molecule has 0 unspecified atom stereocenters. The standard InChI is InChI=1S/C13H15N3OS/c18-13(16-11-5-8-14-9-6-11)15-7-1-3-12-4-2-10-17-12/h2,4-6,8-10H,1,3,7H2,(H2,14,15,16,18). The normalized spacial score (nSPS) is 10.0. The quantitative estimate of drug-likeness (QED) is 0.640. The molecule has 2 heterocycles. The van der Waals surface area contributed by atoms with E-state index in [0.717, 1.165) is 30.8 Å². The van der Waals surface area contributed by atoms with Gasteiger partial charge in [-0.3, -0.25) is 4.98 Å². The Bertz CT molecular complexity index is 470. The van der Waals surface area contributed by atoms with E-state index < -0.39 is 0 Å².